The van der Waals surface area contributed by atoms with Crippen molar-refractivity contribution in [2.75, 3.05) is 4.90 Å². The largest absolute Gasteiger partial charge is 0.283 e. The molecule has 0 saturated heterocycles. The fourth-order valence-electron chi connectivity index (χ4n) is 3.85. The van der Waals surface area contributed by atoms with Gasteiger partial charge in [-0.15, -0.1) is 0 Å². The second-order valence-corrected chi connectivity index (χ2v) is 8.86. The second kappa shape index (κ2) is 8.89. The Balaban J connectivity index is 1.49. The minimum absolute atomic E-state index is 0.0268. The number of carbonyl (C=O) groups excluding carboxylic acids is 1. The van der Waals surface area contributed by atoms with E-state index in [2.05, 4.69) is 48.3 Å². The lowest BCUT2D eigenvalue weighted by Gasteiger charge is -2.20. The Morgan fingerprint density at radius 1 is 0.906 bits per heavy atom. The van der Waals surface area contributed by atoms with Crippen molar-refractivity contribution in [3.05, 3.63) is 102 Å². The van der Waals surface area contributed by atoms with Gasteiger partial charge in [0.1, 0.15) is 0 Å². The summed E-state index contributed by atoms with van der Waals surface area (Å²) in [5.41, 5.74) is 4.18. The quantitative estimate of drug-likeness (QED) is 0.318. The van der Waals surface area contributed by atoms with Gasteiger partial charge in [0.15, 0.2) is 5.13 Å². The van der Waals surface area contributed by atoms with Crippen LogP contribution in [-0.4, -0.2) is 15.9 Å². The van der Waals surface area contributed by atoms with E-state index >= 15 is 0 Å². The number of amides is 1. The van der Waals surface area contributed by atoms with Crippen molar-refractivity contribution in [3.63, 3.8) is 0 Å². The van der Waals surface area contributed by atoms with Crippen molar-refractivity contribution in [1.82, 2.24) is 9.97 Å². The minimum atomic E-state index is 0.0268. The molecule has 5 aromatic rings. The van der Waals surface area contributed by atoms with Crippen molar-refractivity contribution in [2.24, 2.45) is 0 Å². The zero-order valence-electron chi connectivity index (χ0n) is 17.9. The van der Waals surface area contributed by atoms with Crippen LogP contribution in [0, 0.1) is 0 Å². The number of aryl methyl sites for hydroxylation is 1. The molecule has 0 aliphatic carbocycles. The molecule has 1 amide bonds. The van der Waals surface area contributed by atoms with E-state index in [0.29, 0.717) is 13.0 Å². The Kier molecular flexibility index (Phi) is 5.65. The molecule has 5 heteroatoms. The van der Waals surface area contributed by atoms with Crippen LogP contribution in [0.2, 0.25) is 0 Å². The molecule has 0 spiro atoms. The van der Waals surface area contributed by atoms with Gasteiger partial charge in [-0.2, -0.15) is 0 Å². The van der Waals surface area contributed by atoms with E-state index in [1.165, 1.54) is 10.9 Å². The molecule has 0 aliphatic heterocycles. The van der Waals surface area contributed by atoms with Crippen molar-refractivity contribution in [1.29, 1.82) is 0 Å². The van der Waals surface area contributed by atoms with Crippen molar-refractivity contribution >= 4 is 43.4 Å². The summed E-state index contributed by atoms with van der Waals surface area (Å²) in [7, 11) is 0. The maximum atomic E-state index is 13.5. The molecule has 0 aliphatic rings. The molecule has 3 aromatic carbocycles. The third-order valence-corrected chi connectivity index (χ3v) is 6.66. The fourth-order valence-corrected chi connectivity index (χ4v) is 4.89. The zero-order valence-corrected chi connectivity index (χ0v) is 18.7. The predicted molar refractivity (Wildman–Crippen MR) is 132 cm³/mol. The lowest BCUT2D eigenvalue weighted by molar-refractivity contribution is -0.118. The summed E-state index contributed by atoms with van der Waals surface area (Å²) >= 11 is 1.57. The summed E-state index contributed by atoms with van der Waals surface area (Å²) in [5.74, 6) is 0.0268. The molecule has 0 unspecified atom stereocenters. The van der Waals surface area contributed by atoms with Gasteiger partial charge in [-0.1, -0.05) is 72.9 Å². The van der Waals surface area contributed by atoms with Crippen molar-refractivity contribution in [3.8, 4) is 0 Å². The highest BCUT2D eigenvalue weighted by Crippen LogP contribution is 2.31. The number of anilines is 1. The van der Waals surface area contributed by atoms with E-state index < -0.39 is 0 Å². The summed E-state index contributed by atoms with van der Waals surface area (Å²) in [6, 6.07) is 24.6. The van der Waals surface area contributed by atoms with Crippen LogP contribution in [0.15, 0.2) is 85.2 Å². The van der Waals surface area contributed by atoms with Gasteiger partial charge >= 0.3 is 0 Å². The van der Waals surface area contributed by atoms with Crippen LogP contribution >= 0.6 is 11.3 Å². The molecule has 0 bridgehead atoms. The second-order valence-electron chi connectivity index (χ2n) is 7.85. The lowest BCUT2D eigenvalue weighted by atomic mass is 10.0. The van der Waals surface area contributed by atoms with Crippen LogP contribution in [-0.2, 0) is 24.2 Å². The number of carbonyl (C=O) groups is 1. The van der Waals surface area contributed by atoms with Gasteiger partial charge in [0.25, 0.3) is 0 Å². The number of benzene rings is 3. The maximum Gasteiger partial charge on any atom is 0.233 e. The van der Waals surface area contributed by atoms with E-state index in [1.54, 1.807) is 28.6 Å². The summed E-state index contributed by atoms with van der Waals surface area (Å²) in [4.78, 5) is 24.3. The van der Waals surface area contributed by atoms with Crippen LogP contribution < -0.4 is 4.90 Å². The molecule has 4 nitrogen and oxygen atoms in total. The monoisotopic (exact) mass is 437 g/mol. The highest BCUT2D eigenvalue weighted by Gasteiger charge is 2.21. The predicted octanol–water partition coefficient (Wildman–Crippen LogP) is 6.18. The number of pyridine rings is 1. The molecule has 158 valence electrons. The Morgan fingerprint density at radius 3 is 2.56 bits per heavy atom. The molecule has 0 atom stereocenters. The number of hydrogen-bond donors (Lipinski definition) is 0. The fraction of sp³-hybridized carbons (Fsp3) is 0.148. The molecule has 32 heavy (non-hydrogen) atoms. The van der Waals surface area contributed by atoms with Crippen LogP contribution in [0.5, 0.6) is 0 Å². The number of rotatable bonds is 6. The third-order valence-electron chi connectivity index (χ3n) is 5.61. The van der Waals surface area contributed by atoms with Gasteiger partial charge in [0.05, 0.1) is 23.2 Å². The van der Waals surface area contributed by atoms with Gasteiger partial charge in [0.2, 0.25) is 5.91 Å². The van der Waals surface area contributed by atoms with E-state index in [4.69, 9.17) is 4.98 Å². The van der Waals surface area contributed by atoms with E-state index in [1.807, 2.05) is 36.4 Å². The first-order valence-corrected chi connectivity index (χ1v) is 11.6. The van der Waals surface area contributed by atoms with E-state index in [9.17, 15) is 4.79 Å². The summed E-state index contributed by atoms with van der Waals surface area (Å²) in [6.07, 6.45) is 4.85. The number of aromatic nitrogens is 2. The molecule has 0 saturated carbocycles. The Hall–Kier alpha value is -3.57. The highest BCUT2D eigenvalue weighted by atomic mass is 32.1. The molecule has 2 heterocycles. The van der Waals surface area contributed by atoms with Gasteiger partial charge in [-0.25, -0.2) is 4.98 Å². The third kappa shape index (κ3) is 4.25. The number of nitrogens with zero attached hydrogens (tertiary/aromatic N) is 3. The Morgan fingerprint density at radius 2 is 1.75 bits per heavy atom. The zero-order chi connectivity index (χ0) is 21.9. The molecule has 0 N–H and O–H groups in total. The molecule has 0 radical (unpaired) electrons. The Labute approximate surface area is 191 Å². The number of thiazole rings is 1. The summed E-state index contributed by atoms with van der Waals surface area (Å²) in [6.45, 7) is 2.59. The standard InChI is InChI=1S/C27H23N3OS/c1-2-19-10-12-24-25(15-19)32-27(29-24)30(18-21-6-5-13-28-17-21)26(31)16-20-9-11-22-7-3-4-8-23(22)14-20/h3-15,17H,2,16,18H2,1H3. The van der Waals surface area contributed by atoms with Crippen LogP contribution in [0.25, 0.3) is 21.0 Å². The van der Waals surface area contributed by atoms with Gasteiger partial charge in [-0.3, -0.25) is 14.7 Å². The molecular formula is C27H23N3OS. The number of fused-ring (bicyclic) bond motifs is 2. The molecular weight excluding hydrogens is 414 g/mol. The molecule has 2 aromatic heterocycles. The Bertz CT molecular complexity index is 1390. The van der Waals surface area contributed by atoms with Gasteiger partial charge in [0, 0.05) is 12.4 Å². The lowest BCUT2D eigenvalue weighted by Crippen LogP contribution is -2.31. The SMILES string of the molecule is CCc1ccc2nc(N(Cc3cccnc3)C(=O)Cc3ccc4ccccc4c3)sc2c1. The van der Waals surface area contributed by atoms with Crippen LogP contribution in [0.3, 0.4) is 0 Å². The first kappa shape index (κ1) is 20.3. The smallest absolute Gasteiger partial charge is 0.233 e. The first-order chi connectivity index (χ1) is 15.7. The summed E-state index contributed by atoms with van der Waals surface area (Å²) in [5, 5.41) is 3.04. The molecule has 5 rings (SSSR count). The van der Waals surface area contributed by atoms with Crippen LogP contribution in [0.1, 0.15) is 23.6 Å². The van der Waals surface area contributed by atoms with Crippen LogP contribution in [0.4, 0.5) is 5.13 Å². The first-order valence-electron chi connectivity index (χ1n) is 10.8. The van der Waals surface area contributed by atoms with Crippen molar-refractivity contribution < 1.29 is 4.79 Å². The number of hydrogen-bond acceptors (Lipinski definition) is 4. The molecule has 0 fully saturated rings. The topological polar surface area (TPSA) is 46.1 Å². The van der Waals surface area contributed by atoms with E-state index in [-0.39, 0.29) is 5.91 Å². The minimum Gasteiger partial charge on any atom is -0.283 e. The maximum absolute atomic E-state index is 13.5. The summed E-state index contributed by atoms with van der Waals surface area (Å²) < 4.78 is 1.11. The van der Waals surface area contributed by atoms with E-state index in [0.717, 1.165) is 38.3 Å². The van der Waals surface area contributed by atoms with Gasteiger partial charge in [-0.05, 0) is 52.1 Å². The average molecular weight is 438 g/mol. The van der Waals surface area contributed by atoms with Crippen molar-refractivity contribution in [2.45, 2.75) is 26.3 Å². The highest BCUT2D eigenvalue weighted by molar-refractivity contribution is 7.22. The van der Waals surface area contributed by atoms with Gasteiger partial charge < -0.3 is 0 Å². The average Bonchev–Trinajstić information content (AvgIpc) is 3.26. The normalized spacial score (nSPS) is 11.2.